The first-order valence-corrected chi connectivity index (χ1v) is 8.79. The van der Waals surface area contributed by atoms with Gasteiger partial charge in [0.1, 0.15) is 0 Å². The van der Waals surface area contributed by atoms with Gasteiger partial charge in [-0.15, -0.1) is 10.2 Å². The van der Waals surface area contributed by atoms with Gasteiger partial charge in [-0.1, -0.05) is 37.7 Å². The molecule has 0 saturated carbocycles. The van der Waals surface area contributed by atoms with Gasteiger partial charge in [-0.3, -0.25) is 0 Å². The summed E-state index contributed by atoms with van der Waals surface area (Å²) in [7, 11) is 0. The number of aryl methyl sites for hydroxylation is 2. The van der Waals surface area contributed by atoms with Crippen molar-refractivity contribution in [2.45, 2.75) is 57.4 Å². The molecule has 3 rings (SSSR count). The summed E-state index contributed by atoms with van der Waals surface area (Å²) in [5, 5.41) is 17.2. The molecule has 0 aliphatic carbocycles. The van der Waals surface area contributed by atoms with Gasteiger partial charge in [-0.05, 0) is 26.8 Å². The maximum absolute atomic E-state index is 6.16. The Bertz CT molecular complexity index is 888. The Morgan fingerprint density at radius 2 is 1.96 bits per heavy atom. The van der Waals surface area contributed by atoms with E-state index in [-0.39, 0.29) is 10.7 Å². The van der Waals surface area contributed by atoms with E-state index in [2.05, 4.69) is 25.4 Å². The fourth-order valence-electron chi connectivity index (χ4n) is 2.24. The third kappa shape index (κ3) is 3.39. The lowest BCUT2D eigenvalue weighted by atomic mass is 9.96. The quantitative estimate of drug-likeness (QED) is 0.555. The van der Waals surface area contributed by atoms with E-state index < -0.39 is 0 Å². The molecule has 10 heteroatoms. The highest BCUT2D eigenvalue weighted by molar-refractivity contribution is 7.99. The number of aromatic nitrogens is 7. The van der Waals surface area contributed by atoms with Crippen LogP contribution in [0.4, 0.5) is 0 Å². The van der Waals surface area contributed by atoms with E-state index in [9.17, 15) is 0 Å². The summed E-state index contributed by atoms with van der Waals surface area (Å²) in [6.45, 7) is 11.9. The second-order valence-corrected chi connectivity index (χ2v) is 8.27. The maximum Gasteiger partial charge on any atom is 0.271 e. The van der Waals surface area contributed by atoms with Crippen LogP contribution in [0, 0.1) is 13.8 Å². The van der Waals surface area contributed by atoms with Crippen molar-refractivity contribution in [1.29, 1.82) is 0 Å². The van der Waals surface area contributed by atoms with Crippen LogP contribution in [0.5, 0.6) is 0 Å². The van der Waals surface area contributed by atoms with Gasteiger partial charge in [0, 0.05) is 11.1 Å². The molecule has 3 aromatic heterocycles. The Balaban J connectivity index is 1.82. The Kier molecular flexibility index (Phi) is 4.31. The van der Waals surface area contributed by atoms with E-state index in [0.29, 0.717) is 22.8 Å². The minimum Gasteiger partial charge on any atom is -0.338 e. The van der Waals surface area contributed by atoms with Crippen molar-refractivity contribution in [2.24, 2.45) is 0 Å². The molecule has 0 aromatic carbocycles. The third-order valence-corrected chi connectivity index (χ3v) is 4.63. The van der Waals surface area contributed by atoms with Gasteiger partial charge in [0.05, 0.1) is 10.9 Å². The molecule has 1 atom stereocenters. The molecule has 0 radical (unpaired) electrons. The van der Waals surface area contributed by atoms with Gasteiger partial charge in [0.15, 0.2) is 5.82 Å². The van der Waals surface area contributed by atoms with E-state index in [0.717, 1.165) is 11.4 Å². The van der Waals surface area contributed by atoms with Crippen molar-refractivity contribution in [3.63, 3.8) is 0 Å². The second kappa shape index (κ2) is 6.17. The van der Waals surface area contributed by atoms with Crippen LogP contribution in [0.2, 0.25) is 0 Å². The van der Waals surface area contributed by atoms with Crippen LogP contribution >= 0.6 is 11.8 Å². The average Bonchev–Trinajstić information content (AvgIpc) is 3.19. The van der Waals surface area contributed by atoms with Crippen LogP contribution in [-0.2, 0) is 5.41 Å². The molecule has 0 amide bonds. The molecule has 1 unspecified atom stereocenters. The largest absolute Gasteiger partial charge is 0.338 e. The van der Waals surface area contributed by atoms with Gasteiger partial charge < -0.3 is 10.4 Å². The van der Waals surface area contributed by atoms with E-state index >= 15 is 0 Å². The number of nitrogens with two attached hydrogens (primary N) is 1. The Morgan fingerprint density at radius 3 is 2.52 bits per heavy atom. The SMILES string of the molecule is Cc1cc(C)n(-c2nnc(SC(C)c3nc(C(C)(C)C)no3)n2N)n1. The lowest BCUT2D eigenvalue weighted by molar-refractivity contribution is 0.364. The number of nitrogens with zero attached hydrogens (tertiary/aromatic N) is 7. The van der Waals surface area contributed by atoms with Crippen LogP contribution in [0.15, 0.2) is 15.7 Å². The zero-order valence-electron chi connectivity index (χ0n) is 15.2. The number of rotatable bonds is 4. The van der Waals surface area contributed by atoms with E-state index in [1.54, 1.807) is 4.68 Å². The summed E-state index contributed by atoms with van der Waals surface area (Å²) in [6.07, 6.45) is 0. The molecular weight excluding hydrogens is 340 g/mol. The van der Waals surface area contributed by atoms with Crippen molar-refractivity contribution in [2.75, 3.05) is 5.84 Å². The van der Waals surface area contributed by atoms with Crippen LogP contribution in [-0.4, -0.2) is 34.8 Å². The molecule has 3 aromatic rings. The molecule has 0 saturated heterocycles. The lowest BCUT2D eigenvalue weighted by Crippen LogP contribution is -2.17. The summed E-state index contributed by atoms with van der Waals surface area (Å²) in [4.78, 5) is 4.48. The Morgan fingerprint density at radius 1 is 1.24 bits per heavy atom. The summed E-state index contributed by atoms with van der Waals surface area (Å²) >= 11 is 1.40. The number of thioether (sulfide) groups is 1. The van der Waals surface area contributed by atoms with Crippen molar-refractivity contribution in [3.8, 4) is 5.95 Å². The first kappa shape index (κ1) is 17.5. The summed E-state index contributed by atoms with van der Waals surface area (Å²) in [6, 6.07) is 1.95. The molecule has 0 aliphatic rings. The highest BCUT2D eigenvalue weighted by Crippen LogP contribution is 2.33. The average molecular weight is 362 g/mol. The van der Waals surface area contributed by atoms with Gasteiger partial charge in [0.25, 0.3) is 5.95 Å². The Hall–Kier alpha value is -2.36. The molecule has 0 bridgehead atoms. The molecular formula is C15H22N8OS. The van der Waals surface area contributed by atoms with Gasteiger partial charge in [-0.25, -0.2) is 9.36 Å². The second-order valence-electron chi connectivity index (χ2n) is 6.96. The summed E-state index contributed by atoms with van der Waals surface area (Å²) in [5.74, 6) is 7.82. The Labute approximate surface area is 150 Å². The van der Waals surface area contributed by atoms with Crippen LogP contribution in [0.1, 0.15) is 56.0 Å². The maximum atomic E-state index is 6.16. The third-order valence-electron chi connectivity index (χ3n) is 3.59. The van der Waals surface area contributed by atoms with E-state index in [1.165, 1.54) is 16.4 Å². The lowest BCUT2D eigenvalue weighted by Gasteiger charge is -2.11. The smallest absolute Gasteiger partial charge is 0.271 e. The monoisotopic (exact) mass is 362 g/mol. The molecule has 3 heterocycles. The number of hydrogen-bond acceptors (Lipinski definition) is 8. The fourth-order valence-corrected chi connectivity index (χ4v) is 3.03. The van der Waals surface area contributed by atoms with Crippen molar-refractivity contribution in [1.82, 2.24) is 34.8 Å². The molecule has 134 valence electrons. The molecule has 0 spiro atoms. The zero-order valence-corrected chi connectivity index (χ0v) is 16.0. The minimum atomic E-state index is -0.164. The van der Waals surface area contributed by atoms with Crippen LogP contribution < -0.4 is 5.84 Å². The number of hydrogen-bond donors (Lipinski definition) is 1. The van der Waals surface area contributed by atoms with Gasteiger partial charge in [0.2, 0.25) is 11.0 Å². The number of nitrogen functional groups attached to an aromatic ring is 1. The predicted molar refractivity (Wildman–Crippen MR) is 94.0 cm³/mol. The first-order chi connectivity index (χ1) is 11.7. The summed E-state index contributed by atoms with van der Waals surface area (Å²) in [5.41, 5.74) is 1.67. The standard InChI is InChI=1S/C15H22N8OS/c1-8-7-9(2)23(20-8)13-18-19-14(22(13)16)25-10(3)11-17-12(21-24-11)15(4,5)6/h7,10H,16H2,1-6H3. The molecule has 25 heavy (non-hydrogen) atoms. The highest BCUT2D eigenvalue weighted by atomic mass is 32.2. The highest BCUT2D eigenvalue weighted by Gasteiger charge is 2.25. The first-order valence-electron chi connectivity index (χ1n) is 7.91. The minimum absolute atomic E-state index is 0.108. The normalized spacial score (nSPS) is 13.4. The molecule has 2 N–H and O–H groups in total. The zero-order chi connectivity index (χ0) is 18.4. The van der Waals surface area contributed by atoms with Crippen LogP contribution in [0.3, 0.4) is 0 Å². The van der Waals surface area contributed by atoms with Crippen LogP contribution in [0.25, 0.3) is 5.95 Å². The topological polar surface area (TPSA) is 113 Å². The van der Waals surface area contributed by atoms with Crippen molar-refractivity contribution in [3.05, 3.63) is 29.2 Å². The van der Waals surface area contributed by atoms with Crippen molar-refractivity contribution < 1.29 is 4.52 Å². The van der Waals surface area contributed by atoms with E-state index in [1.807, 2.05) is 47.6 Å². The molecule has 0 aliphatic heterocycles. The van der Waals surface area contributed by atoms with Gasteiger partial charge in [-0.2, -0.15) is 10.1 Å². The fraction of sp³-hybridized carbons (Fsp3) is 0.533. The van der Waals surface area contributed by atoms with Crippen molar-refractivity contribution >= 4 is 11.8 Å². The van der Waals surface area contributed by atoms with Gasteiger partial charge >= 0.3 is 0 Å². The predicted octanol–water partition coefficient (Wildman–Crippen LogP) is 2.33. The van der Waals surface area contributed by atoms with E-state index in [4.69, 9.17) is 10.4 Å². The molecule has 0 fully saturated rings. The summed E-state index contributed by atoms with van der Waals surface area (Å²) < 4.78 is 8.47. The molecule has 9 nitrogen and oxygen atoms in total.